The molecule has 0 radical (unpaired) electrons. The number of thiazole rings is 1. The number of nitrogens with one attached hydrogen (secondary N) is 2. The molecule has 0 atom stereocenters. The zero-order valence-electron chi connectivity index (χ0n) is 10.9. The molecule has 5 nitrogen and oxygen atoms in total. The summed E-state index contributed by atoms with van der Waals surface area (Å²) in [6, 6.07) is 5.17. The molecule has 0 saturated carbocycles. The highest BCUT2D eigenvalue weighted by atomic mass is 32.1. The average molecular weight is 276 g/mol. The lowest BCUT2D eigenvalue weighted by molar-refractivity contribution is 0.0963. The number of nitrogens with two attached hydrogens (primary N) is 1. The number of nitrogen functional groups attached to an aromatic ring is 1. The van der Waals surface area contributed by atoms with Crippen LogP contribution in [0.25, 0.3) is 0 Å². The number of amides is 1. The quantitative estimate of drug-likeness (QED) is 0.746. The molecule has 2 aromatic rings. The molecule has 1 amide bonds. The van der Waals surface area contributed by atoms with Crippen molar-refractivity contribution in [2.24, 2.45) is 0 Å². The summed E-state index contributed by atoms with van der Waals surface area (Å²) in [4.78, 5) is 17.0. The Balaban J connectivity index is 2.12. The second-order valence-corrected chi connectivity index (χ2v) is 5.42. The van der Waals surface area contributed by atoms with E-state index in [9.17, 15) is 4.79 Å². The number of aromatic nitrogens is 1. The average Bonchev–Trinajstić information content (AvgIpc) is 2.82. The molecule has 0 aliphatic rings. The Kier molecular flexibility index (Phi) is 4.01. The largest absolute Gasteiger partial charge is 0.397 e. The summed E-state index contributed by atoms with van der Waals surface area (Å²) in [5.74, 6) is -0.131. The molecule has 0 aliphatic heterocycles. The van der Waals surface area contributed by atoms with Crippen molar-refractivity contribution in [3.8, 4) is 0 Å². The van der Waals surface area contributed by atoms with E-state index in [1.54, 1.807) is 36.6 Å². The van der Waals surface area contributed by atoms with Gasteiger partial charge in [0.1, 0.15) is 5.01 Å². The van der Waals surface area contributed by atoms with Gasteiger partial charge in [-0.1, -0.05) is 0 Å². The van der Waals surface area contributed by atoms with E-state index >= 15 is 0 Å². The van der Waals surface area contributed by atoms with Gasteiger partial charge in [-0.2, -0.15) is 0 Å². The van der Waals surface area contributed by atoms with E-state index in [0.29, 0.717) is 17.8 Å². The Bertz CT molecular complexity index is 594. The minimum absolute atomic E-state index is 0.131. The third-order valence-electron chi connectivity index (χ3n) is 2.64. The predicted molar refractivity (Wildman–Crippen MR) is 78.4 cm³/mol. The third kappa shape index (κ3) is 3.23. The second-order valence-electron chi connectivity index (χ2n) is 4.10. The highest BCUT2D eigenvalue weighted by Crippen LogP contribution is 2.21. The number of hydrogen-bond acceptors (Lipinski definition) is 5. The molecule has 0 unspecified atom stereocenters. The van der Waals surface area contributed by atoms with Gasteiger partial charge in [-0.15, -0.1) is 11.3 Å². The van der Waals surface area contributed by atoms with Crippen LogP contribution in [0, 0.1) is 6.92 Å². The van der Waals surface area contributed by atoms with Gasteiger partial charge in [0.05, 0.1) is 17.9 Å². The van der Waals surface area contributed by atoms with Gasteiger partial charge >= 0.3 is 0 Å². The molecule has 2 rings (SSSR count). The standard InChI is InChI=1S/C13H16N4OS/c1-8-6-17-12(19-8)7-16-11-5-9(13(18)15-2)3-4-10(11)14/h3-6,16H,7,14H2,1-2H3,(H,15,18). The third-order valence-corrected chi connectivity index (χ3v) is 3.55. The molecule has 1 heterocycles. The Morgan fingerprint density at radius 2 is 2.26 bits per heavy atom. The van der Waals surface area contributed by atoms with E-state index in [1.807, 2.05) is 13.1 Å². The summed E-state index contributed by atoms with van der Waals surface area (Å²) >= 11 is 1.63. The lowest BCUT2D eigenvalue weighted by Gasteiger charge is -2.09. The molecule has 0 fully saturated rings. The van der Waals surface area contributed by atoms with Crippen LogP contribution in [0.2, 0.25) is 0 Å². The SMILES string of the molecule is CNC(=O)c1ccc(N)c(NCc2ncc(C)s2)c1. The van der Waals surface area contributed by atoms with Crippen LogP contribution in [-0.4, -0.2) is 17.9 Å². The van der Waals surface area contributed by atoms with Crippen LogP contribution in [-0.2, 0) is 6.54 Å². The van der Waals surface area contributed by atoms with Crippen molar-refractivity contribution in [2.75, 3.05) is 18.1 Å². The lowest BCUT2D eigenvalue weighted by atomic mass is 10.1. The summed E-state index contributed by atoms with van der Waals surface area (Å²) in [5, 5.41) is 6.78. The topological polar surface area (TPSA) is 80.0 Å². The molecule has 0 saturated heterocycles. The van der Waals surface area contributed by atoms with Gasteiger partial charge in [-0.3, -0.25) is 4.79 Å². The Hall–Kier alpha value is -2.08. The first kappa shape index (κ1) is 13.4. The van der Waals surface area contributed by atoms with E-state index in [2.05, 4.69) is 15.6 Å². The van der Waals surface area contributed by atoms with E-state index in [0.717, 1.165) is 10.7 Å². The smallest absolute Gasteiger partial charge is 0.251 e. The van der Waals surface area contributed by atoms with Crippen molar-refractivity contribution in [1.82, 2.24) is 10.3 Å². The monoisotopic (exact) mass is 276 g/mol. The molecule has 0 spiro atoms. The van der Waals surface area contributed by atoms with Crippen LogP contribution < -0.4 is 16.4 Å². The summed E-state index contributed by atoms with van der Waals surface area (Å²) in [6.45, 7) is 2.61. The van der Waals surface area contributed by atoms with Crippen LogP contribution in [0.1, 0.15) is 20.2 Å². The molecule has 6 heteroatoms. The molecular formula is C13H16N4OS. The van der Waals surface area contributed by atoms with E-state index < -0.39 is 0 Å². The number of hydrogen-bond donors (Lipinski definition) is 3. The number of benzene rings is 1. The van der Waals surface area contributed by atoms with Gasteiger partial charge in [0.2, 0.25) is 0 Å². The van der Waals surface area contributed by atoms with Crippen molar-refractivity contribution < 1.29 is 4.79 Å². The number of nitrogens with zero attached hydrogens (tertiary/aromatic N) is 1. The van der Waals surface area contributed by atoms with Gasteiger partial charge in [0.15, 0.2) is 0 Å². The summed E-state index contributed by atoms with van der Waals surface area (Å²) in [7, 11) is 1.60. The van der Waals surface area contributed by atoms with Crippen molar-refractivity contribution in [3.05, 3.63) is 39.8 Å². The minimum Gasteiger partial charge on any atom is -0.397 e. The van der Waals surface area contributed by atoms with Crippen LogP contribution in [0.3, 0.4) is 0 Å². The number of carbonyl (C=O) groups excluding carboxylic acids is 1. The molecule has 1 aromatic carbocycles. The van der Waals surface area contributed by atoms with E-state index in [4.69, 9.17) is 5.73 Å². The van der Waals surface area contributed by atoms with Crippen molar-refractivity contribution in [1.29, 1.82) is 0 Å². The summed E-state index contributed by atoms with van der Waals surface area (Å²) in [5.41, 5.74) is 7.82. The highest BCUT2D eigenvalue weighted by molar-refractivity contribution is 7.11. The fourth-order valence-corrected chi connectivity index (χ4v) is 2.38. The molecule has 19 heavy (non-hydrogen) atoms. The van der Waals surface area contributed by atoms with Crippen LogP contribution in [0.4, 0.5) is 11.4 Å². The first-order chi connectivity index (χ1) is 9.10. The van der Waals surface area contributed by atoms with Crippen LogP contribution >= 0.6 is 11.3 Å². The van der Waals surface area contributed by atoms with Crippen molar-refractivity contribution in [3.63, 3.8) is 0 Å². The Morgan fingerprint density at radius 1 is 1.47 bits per heavy atom. The maximum atomic E-state index is 11.6. The molecule has 100 valence electrons. The first-order valence-corrected chi connectivity index (χ1v) is 6.68. The zero-order chi connectivity index (χ0) is 13.8. The fourth-order valence-electron chi connectivity index (χ4n) is 1.65. The molecule has 0 bridgehead atoms. The summed E-state index contributed by atoms with van der Waals surface area (Å²) in [6.07, 6.45) is 1.84. The number of carbonyl (C=O) groups is 1. The fraction of sp³-hybridized carbons (Fsp3) is 0.231. The minimum atomic E-state index is -0.131. The molecule has 0 aliphatic carbocycles. The lowest BCUT2D eigenvalue weighted by Crippen LogP contribution is -2.18. The van der Waals surface area contributed by atoms with Crippen LogP contribution in [0.15, 0.2) is 24.4 Å². The van der Waals surface area contributed by atoms with Gasteiger partial charge in [0.25, 0.3) is 5.91 Å². The first-order valence-electron chi connectivity index (χ1n) is 5.87. The van der Waals surface area contributed by atoms with Gasteiger partial charge < -0.3 is 16.4 Å². The molecule has 1 aromatic heterocycles. The van der Waals surface area contributed by atoms with E-state index in [-0.39, 0.29) is 5.91 Å². The van der Waals surface area contributed by atoms with Gasteiger partial charge in [-0.05, 0) is 25.1 Å². The van der Waals surface area contributed by atoms with Gasteiger partial charge in [-0.25, -0.2) is 4.98 Å². The van der Waals surface area contributed by atoms with Crippen LogP contribution in [0.5, 0.6) is 0 Å². The second kappa shape index (κ2) is 5.71. The Morgan fingerprint density at radius 3 is 2.89 bits per heavy atom. The number of aryl methyl sites for hydroxylation is 1. The van der Waals surface area contributed by atoms with Crippen molar-refractivity contribution in [2.45, 2.75) is 13.5 Å². The normalized spacial score (nSPS) is 10.2. The maximum absolute atomic E-state index is 11.6. The van der Waals surface area contributed by atoms with E-state index in [1.165, 1.54) is 4.88 Å². The zero-order valence-corrected chi connectivity index (χ0v) is 11.7. The number of rotatable bonds is 4. The molecule has 4 N–H and O–H groups in total. The summed E-state index contributed by atoms with van der Waals surface area (Å²) < 4.78 is 0. The predicted octanol–water partition coefficient (Wildman–Crippen LogP) is 2.01. The Labute approximate surface area is 115 Å². The molecular weight excluding hydrogens is 260 g/mol. The van der Waals surface area contributed by atoms with Crippen molar-refractivity contribution >= 4 is 28.6 Å². The highest BCUT2D eigenvalue weighted by Gasteiger charge is 2.07. The van der Waals surface area contributed by atoms with Gasteiger partial charge in [0, 0.05) is 23.7 Å². The number of anilines is 2. The maximum Gasteiger partial charge on any atom is 0.251 e.